The zero-order valence-electron chi connectivity index (χ0n) is 7.17. The number of nitrogen functional groups attached to an aromatic ring is 1. The van der Waals surface area contributed by atoms with E-state index in [4.69, 9.17) is 27.7 Å². The summed E-state index contributed by atoms with van der Waals surface area (Å²) in [5.41, 5.74) is 6.95. The number of aliphatic hydroxyl groups excluding tert-OH is 1. The van der Waals surface area contributed by atoms with E-state index in [0.717, 1.165) is 5.56 Å². The van der Waals surface area contributed by atoms with Crippen LogP contribution in [0.5, 0.6) is 0 Å². The molecule has 74 valence electrons. The number of alkyl halides is 1. The highest BCUT2D eigenvalue weighted by molar-refractivity contribution is 9.09. The average molecular weight is 276 g/mol. The fourth-order valence-corrected chi connectivity index (χ4v) is 1.69. The normalized spacial score (nSPS) is 12.1. The first kappa shape index (κ1) is 11.3. The maximum absolute atomic E-state index is 9.09. The number of hydrogen-bond donors (Lipinski definition) is 2. The van der Waals surface area contributed by atoms with Crippen LogP contribution in [0.1, 0.15) is 11.1 Å². The van der Waals surface area contributed by atoms with Crippen molar-refractivity contribution in [3.8, 4) is 6.07 Å². The van der Waals surface area contributed by atoms with Gasteiger partial charge in [0.15, 0.2) is 0 Å². The summed E-state index contributed by atoms with van der Waals surface area (Å²) in [4.78, 5) is 0. The van der Waals surface area contributed by atoms with Gasteiger partial charge in [0.1, 0.15) is 11.1 Å². The SMILES string of the molecule is N#Cc1cc(CC(O)Br)cc(Cl)c1N. The predicted molar refractivity (Wildman–Crippen MR) is 59.2 cm³/mol. The Bertz CT molecular complexity index is 387. The molecule has 0 aromatic heterocycles. The molecule has 0 spiro atoms. The molecule has 1 unspecified atom stereocenters. The van der Waals surface area contributed by atoms with E-state index in [0.29, 0.717) is 17.0 Å². The Kier molecular flexibility index (Phi) is 3.76. The maximum atomic E-state index is 9.09. The van der Waals surface area contributed by atoms with E-state index in [-0.39, 0.29) is 5.69 Å². The van der Waals surface area contributed by atoms with Crippen LogP contribution in [0.25, 0.3) is 0 Å². The second kappa shape index (κ2) is 4.65. The fourth-order valence-electron chi connectivity index (χ4n) is 1.08. The summed E-state index contributed by atoms with van der Waals surface area (Å²) in [6, 6.07) is 5.20. The van der Waals surface area contributed by atoms with Crippen LogP contribution < -0.4 is 5.73 Å². The van der Waals surface area contributed by atoms with E-state index in [1.807, 2.05) is 6.07 Å². The van der Waals surface area contributed by atoms with Crippen molar-refractivity contribution in [1.82, 2.24) is 0 Å². The zero-order valence-corrected chi connectivity index (χ0v) is 9.51. The number of nitriles is 1. The molecule has 0 aliphatic carbocycles. The standard InChI is InChI=1S/C9H8BrClN2O/c10-8(14)3-5-1-6(4-12)9(13)7(11)2-5/h1-2,8,14H,3,13H2. The van der Waals surface area contributed by atoms with Gasteiger partial charge in [0.05, 0.1) is 16.3 Å². The van der Waals surface area contributed by atoms with Crippen molar-refractivity contribution >= 4 is 33.2 Å². The summed E-state index contributed by atoms with van der Waals surface area (Å²) in [6.45, 7) is 0. The first-order valence-corrected chi connectivity index (χ1v) is 5.14. The van der Waals surface area contributed by atoms with Crippen molar-refractivity contribution in [2.45, 2.75) is 11.4 Å². The Morgan fingerprint density at radius 2 is 2.29 bits per heavy atom. The average Bonchev–Trinajstić information content (AvgIpc) is 2.10. The molecule has 0 saturated carbocycles. The van der Waals surface area contributed by atoms with Gasteiger partial charge in [-0.05, 0) is 17.7 Å². The quantitative estimate of drug-likeness (QED) is 0.641. The predicted octanol–water partition coefficient (Wildman–Crippen LogP) is 2.05. The van der Waals surface area contributed by atoms with Gasteiger partial charge in [0, 0.05) is 6.42 Å². The maximum Gasteiger partial charge on any atom is 0.113 e. The molecule has 0 heterocycles. The van der Waals surface area contributed by atoms with E-state index in [9.17, 15) is 0 Å². The van der Waals surface area contributed by atoms with Crippen LogP contribution in [0.2, 0.25) is 5.02 Å². The van der Waals surface area contributed by atoms with Gasteiger partial charge in [-0.25, -0.2) is 0 Å². The number of aliphatic hydroxyl groups is 1. The number of benzene rings is 1. The van der Waals surface area contributed by atoms with Gasteiger partial charge in [-0.15, -0.1) is 0 Å². The molecule has 0 radical (unpaired) electrons. The van der Waals surface area contributed by atoms with E-state index in [1.54, 1.807) is 12.1 Å². The van der Waals surface area contributed by atoms with E-state index in [2.05, 4.69) is 15.9 Å². The van der Waals surface area contributed by atoms with Crippen molar-refractivity contribution in [3.05, 3.63) is 28.3 Å². The minimum atomic E-state index is -0.645. The van der Waals surface area contributed by atoms with Gasteiger partial charge in [-0.2, -0.15) is 5.26 Å². The Labute approximate surface area is 95.2 Å². The largest absolute Gasteiger partial charge is 0.396 e. The highest BCUT2D eigenvalue weighted by Crippen LogP contribution is 2.25. The summed E-state index contributed by atoms with van der Waals surface area (Å²) in [5, 5.41) is 17.5. The summed E-state index contributed by atoms with van der Waals surface area (Å²) < 4.78 is 0. The number of nitrogens with zero attached hydrogens (tertiary/aromatic N) is 1. The van der Waals surface area contributed by atoms with Crippen LogP contribution >= 0.6 is 27.5 Å². The Morgan fingerprint density at radius 3 is 2.79 bits per heavy atom. The van der Waals surface area contributed by atoms with E-state index in [1.165, 1.54) is 0 Å². The number of halogens is 2. The molecule has 0 fully saturated rings. The summed E-state index contributed by atoms with van der Waals surface area (Å²) in [5.74, 6) is 0. The molecule has 0 aliphatic heterocycles. The smallest absolute Gasteiger partial charge is 0.113 e. The van der Waals surface area contributed by atoms with Crippen molar-refractivity contribution in [2.75, 3.05) is 5.73 Å². The highest BCUT2D eigenvalue weighted by atomic mass is 79.9. The molecule has 0 amide bonds. The molecule has 14 heavy (non-hydrogen) atoms. The number of anilines is 1. The molecular formula is C9H8BrClN2O. The second-order valence-electron chi connectivity index (χ2n) is 2.79. The zero-order chi connectivity index (χ0) is 10.7. The van der Waals surface area contributed by atoms with Crippen molar-refractivity contribution in [1.29, 1.82) is 5.26 Å². The lowest BCUT2D eigenvalue weighted by molar-refractivity contribution is 0.271. The van der Waals surface area contributed by atoms with Crippen LogP contribution in [-0.4, -0.2) is 10.1 Å². The number of hydrogen-bond acceptors (Lipinski definition) is 3. The van der Waals surface area contributed by atoms with Crippen LogP contribution in [-0.2, 0) is 6.42 Å². The first-order chi connectivity index (χ1) is 6.54. The Balaban J connectivity index is 3.11. The number of rotatable bonds is 2. The van der Waals surface area contributed by atoms with Gasteiger partial charge >= 0.3 is 0 Å². The third kappa shape index (κ3) is 2.61. The summed E-state index contributed by atoms with van der Waals surface area (Å²) in [7, 11) is 0. The lowest BCUT2D eigenvalue weighted by atomic mass is 10.1. The molecule has 0 saturated heterocycles. The van der Waals surface area contributed by atoms with Gasteiger partial charge in [-0.3, -0.25) is 0 Å². The summed E-state index contributed by atoms with van der Waals surface area (Å²) >= 11 is 8.81. The second-order valence-corrected chi connectivity index (χ2v) is 4.25. The Morgan fingerprint density at radius 1 is 1.64 bits per heavy atom. The minimum Gasteiger partial charge on any atom is -0.396 e. The lowest BCUT2D eigenvalue weighted by Gasteiger charge is -2.06. The van der Waals surface area contributed by atoms with Gasteiger partial charge in [0.2, 0.25) is 0 Å². The molecule has 1 rings (SSSR count). The lowest BCUT2D eigenvalue weighted by Crippen LogP contribution is -2.02. The summed E-state index contributed by atoms with van der Waals surface area (Å²) in [6.07, 6.45) is 0.384. The van der Waals surface area contributed by atoms with Crippen molar-refractivity contribution < 1.29 is 5.11 Å². The minimum absolute atomic E-state index is 0.280. The van der Waals surface area contributed by atoms with Gasteiger partial charge in [0.25, 0.3) is 0 Å². The Hall–Kier alpha value is -0.760. The molecule has 0 bridgehead atoms. The molecular weight excluding hydrogens is 267 g/mol. The third-order valence-corrected chi connectivity index (χ3v) is 2.35. The topological polar surface area (TPSA) is 70.0 Å². The van der Waals surface area contributed by atoms with Crippen molar-refractivity contribution in [2.24, 2.45) is 0 Å². The molecule has 5 heteroatoms. The van der Waals surface area contributed by atoms with Gasteiger partial charge < -0.3 is 10.8 Å². The van der Waals surface area contributed by atoms with E-state index >= 15 is 0 Å². The van der Waals surface area contributed by atoms with Gasteiger partial charge in [-0.1, -0.05) is 27.5 Å². The molecule has 1 aromatic rings. The van der Waals surface area contributed by atoms with Crippen molar-refractivity contribution in [3.63, 3.8) is 0 Å². The molecule has 3 nitrogen and oxygen atoms in total. The van der Waals surface area contributed by atoms with Crippen LogP contribution in [0.3, 0.4) is 0 Å². The molecule has 0 aliphatic rings. The number of nitrogens with two attached hydrogens (primary N) is 1. The highest BCUT2D eigenvalue weighted by Gasteiger charge is 2.08. The monoisotopic (exact) mass is 274 g/mol. The molecule has 1 atom stereocenters. The molecule has 1 aromatic carbocycles. The first-order valence-electron chi connectivity index (χ1n) is 3.84. The van der Waals surface area contributed by atoms with E-state index < -0.39 is 5.01 Å². The van der Waals surface area contributed by atoms with Crippen LogP contribution in [0.15, 0.2) is 12.1 Å². The van der Waals surface area contributed by atoms with Crippen LogP contribution in [0.4, 0.5) is 5.69 Å². The molecule has 3 N–H and O–H groups in total. The van der Waals surface area contributed by atoms with Crippen LogP contribution in [0, 0.1) is 11.3 Å². The fraction of sp³-hybridized carbons (Fsp3) is 0.222. The third-order valence-electron chi connectivity index (χ3n) is 1.71.